The molecule has 0 radical (unpaired) electrons. The van der Waals surface area contributed by atoms with E-state index in [2.05, 4.69) is 25.8 Å². The number of pyridine rings is 1. The van der Waals surface area contributed by atoms with Crippen LogP contribution in [0.2, 0.25) is 0 Å². The Hall–Kier alpha value is -1.40. The van der Waals surface area contributed by atoms with Crippen molar-refractivity contribution in [3.63, 3.8) is 0 Å². The molecule has 20 heavy (non-hydrogen) atoms. The molecule has 2 aromatic heterocycles. The first kappa shape index (κ1) is 13.6. The summed E-state index contributed by atoms with van der Waals surface area (Å²) in [6.07, 6.45) is 2.89. The lowest BCUT2D eigenvalue weighted by atomic mass is 10.2. The van der Waals surface area contributed by atoms with Gasteiger partial charge >= 0.3 is 0 Å². The van der Waals surface area contributed by atoms with E-state index < -0.39 is 0 Å². The zero-order valence-electron chi connectivity index (χ0n) is 11.0. The molecule has 0 aliphatic carbocycles. The maximum atomic E-state index is 12.1. The van der Waals surface area contributed by atoms with E-state index in [9.17, 15) is 4.79 Å². The molecule has 2 aromatic rings. The van der Waals surface area contributed by atoms with Crippen molar-refractivity contribution < 1.29 is 4.74 Å². The topological polar surface area (TPSA) is 46.8 Å². The maximum Gasteiger partial charge on any atom is 0.259 e. The third kappa shape index (κ3) is 2.71. The zero-order valence-corrected chi connectivity index (χ0v) is 12.6. The number of nitrogens with zero attached hydrogens (tertiary/aromatic N) is 3. The van der Waals surface area contributed by atoms with Gasteiger partial charge in [-0.2, -0.15) is 0 Å². The van der Waals surface area contributed by atoms with E-state index in [1.165, 1.54) is 0 Å². The number of aromatic nitrogens is 2. The van der Waals surface area contributed by atoms with Crippen molar-refractivity contribution >= 4 is 27.4 Å². The Morgan fingerprint density at radius 3 is 3.20 bits per heavy atom. The van der Waals surface area contributed by atoms with Gasteiger partial charge in [-0.15, -0.1) is 0 Å². The van der Waals surface area contributed by atoms with Crippen molar-refractivity contribution in [1.82, 2.24) is 9.38 Å². The molecule has 3 heterocycles. The quantitative estimate of drug-likeness (QED) is 0.799. The fourth-order valence-electron chi connectivity index (χ4n) is 2.43. The Kier molecular flexibility index (Phi) is 4.03. The summed E-state index contributed by atoms with van der Waals surface area (Å²) in [5.41, 5.74) is 0.632. The van der Waals surface area contributed by atoms with Gasteiger partial charge in [0.1, 0.15) is 11.5 Å². The number of morpholine rings is 1. The van der Waals surface area contributed by atoms with E-state index >= 15 is 0 Å². The van der Waals surface area contributed by atoms with Crippen LogP contribution in [0.25, 0.3) is 5.65 Å². The summed E-state index contributed by atoms with van der Waals surface area (Å²) in [4.78, 5) is 18.8. The molecule has 1 unspecified atom stereocenters. The van der Waals surface area contributed by atoms with Crippen LogP contribution in [0.5, 0.6) is 0 Å². The fourth-order valence-corrected chi connectivity index (χ4v) is 2.94. The van der Waals surface area contributed by atoms with Gasteiger partial charge in [0.25, 0.3) is 5.56 Å². The molecule has 1 saturated heterocycles. The number of alkyl halides is 1. The predicted molar refractivity (Wildman–Crippen MR) is 81.8 cm³/mol. The Morgan fingerprint density at radius 1 is 1.45 bits per heavy atom. The Labute approximate surface area is 125 Å². The number of hydrogen-bond donors (Lipinski definition) is 0. The second-order valence-corrected chi connectivity index (χ2v) is 5.59. The first-order valence-electron chi connectivity index (χ1n) is 6.69. The molecule has 1 fully saturated rings. The number of hydrogen-bond acceptors (Lipinski definition) is 4. The van der Waals surface area contributed by atoms with Crippen molar-refractivity contribution in [1.29, 1.82) is 0 Å². The minimum Gasteiger partial charge on any atom is -0.375 e. The summed E-state index contributed by atoms with van der Waals surface area (Å²) in [6, 6.07) is 7.17. The molecule has 0 aromatic carbocycles. The van der Waals surface area contributed by atoms with E-state index in [0.29, 0.717) is 12.3 Å². The Bertz CT molecular complexity index is 656. The molecule has 1 aliphatic heterocycles. The van der Waals surface area contributed by atoms with Gasteiger partial charge in [0.15, 0.2) is 0 Å². The van der Waals surface area contributed by atoms with Gasteiger partial charge in [0.2, 0.25) is 0 Å². The second kappa shape index (κ2) is 5.93. The number of rotatable bonds is 3. The standard InChI is InChI=1S/C14H16BrN3O2/c15-5-4-11-10-17(7-8-20-11)13-9-14(19)18-6-2-1-3-12(18)16-13/h1-3,6,9,11H,4-5,7-8,10H2. The predicted octanol–water partition coefficient (Wildman–Crippen LogP) is 1.68. The molecule has 0 bridgehead atoms. The molecule has 5 nitrogen and oxygen atoms in total. The second-order valence-electron chi connectivity index (χ2n) is 4.80. The lowest BCUT2D eigenvalue weighted by molar-refractivity contribution is 0.0391. The summed E-state index contributed by atoms with van der Waals surface area (Å²) in [6.45, 7) is 2.22. The smallest absolute Gasteiger partial charge is 0.259 e. The summed E-state index contributed by atoms with van der Waals surface area (Å²) < 4.78 is 7.26. The molecule has 1 aliphatic rings. The molecule has 6 heteroatoms. The average molecular weight is 338 g/mol. The van der Waals surface area contributed by atoms with Gasteiger partial charge in [0, 0.05) is 30.7 Å². The highest BCUT2D eigenvalue weighted by atomic mass is 79.9. The summed E-state index contributed by atoms with van der Waals surface area (Å²) in [5, 5.41) is 0.916. The third-order valence-corrected chi connectivity index (χ3v) is 3.91. The van der Waals surface area contributed by atoms with Crippen molar-refractivity contribution in [3.8, 4) is 0 Å². The van der Waals surface area contributed by atoms with Gasteiger partial charge in [0.05, 0.1) is 12.7 Å². The maximum absolute atomic E-state index is 12.1. The van der Waals surface area contributed by atoms with E-state index in [4.69, 9.17) is 4.74 Å². The van der Waals surface area contributed by atoms with E-state index in [-0.39, 0.29) is 11.7 Å². The largest absolute Gasteiger partial charge is 0.375 e. The van der Waals surface area contributed by atoms with Gasteiger partial charge in [-0.05, 0) is 18.6 Å². The first-order valence-corrected chi connectivity index (χ1v) is 7.81. The Balaban J connectivity index is 1.92. The highest BCUT2D eigenvalue weighted by Gasteiger charge is 2.21. The first-order chi connectivity index (χ1) is 9.78. The number of halogens is 1. The van der Waals surface area contributed by atoms with Crippen LogP contribution in [0.4, 0.5) is 5.82 Å². The number of fused-ring (bicyclic) bond motifs is 1. The van der Waals surface area contributed by atoms with Crippen LogP contribution < -0.4 is 10.5 Å². The SMILES string of the molecule is O=c1cc(N2CCOC(CCBr)C2)nc2ccccn12. The van der Waals surface area contributed by atoms with E-state index in [1.54, 1.807) is 16.7 Å². The van der Waals surface area contributed by atoms with Crippen LogP contribution in [0, 0.1) is 0 Å². The van der Waals surface area contributed by atoms with Crippen LogP contribution in [0.15, 0.2) is 35.3 Å². The highest BCUT2D eigenvalue weighted by Crippen LogP contribution is 2.16. The monoisotopic (exact) mass is 337 g/mol. The van der Waals surface area contributed by atoms with Crippen LogP contribution in [0.1, 0.15) is 6.42 Å². The van der Waals surface area contributed by atoms with Crippen molar-refractivity contribution in [2.45, 2.75) is 12.5 Å². The van der Waals surface area contributed by atoms with E-state index in [0.717, 1.165) is 30.7 Å². The molecule has 0 amide bonds. The van der Waals surface area contributed by atoms with Gasteiger partial charge in [-0.25, -0.2) is 4.98 Å². The van der Waals surface area contributed by atoms with Crippen molar-refractivity contribution in [3.05, 3.63) is 40.8 Å². The molecule has 1 atom stereocenters. The zero-order chi connectivity index (χ0) is 13.9. The summed E-state index contributed by atoms with van der Waals surface area (Å²) in [5.74, 6) is 0.740. The van der Waals surface area contributed by atoms with Crippen molar-refractivity contribution in [2.24, 2.45) is 0 Å². The molecule has 0 N–H and O–H groups in total. The van der Waals surface area contributed by atoms with Gasteiger partial charge < -0.3 is 9.64 Å². The average Bonchev–Trinajstić information content (AvgIpc) is 2.48. The summed E-state index contributed by atoms with van der Waals surface area (Å²) >= 11 is 3.44. The molecule has 106 valence electrons. The van der Waals surface area contributed by atoms with Crippen LogP contribution >= 0.6 is 15.9 Å². The minimum absolute atomic E-state index is 0.0471. The summed E-state index contributed by atoms with van der Waals surface area (Å²) in [7, 11) is 0. The number of anilines is 1. The normalized spacial score (nSPS) is 19.4. The van der Waals surface area contributed by atoms with Crippen LogP contribution in [-0.4, -0.2) is 40.5 Å². The van der Waals surface area contributed by atoms with Gasteiger partial charge in [-0.1, -0.05) is 22.0 Å². The highest BCUT2D eigenvalue weighted by molar-refractivity contribution is 9.09. The van der Waals surface area contributed by atoms with Gasteiger partial charge in [-0.3, -0.25) is 9.20 Å². The minimum atomic E-state index is -0.0471. The lowest BCUT2D eigenvalue weighted by Crippen LogP contribution is -2.43. The van der Waals surface area contributed by atoms with E-state index in [1.807, 2.05) is 18.2 Å². The Morgan fingerprint density at radius 2 is 2.35 bits per heavy atom. The van der Waals surface area contributed by atoms with Crippen LogP contribution in [-0.2, 0) is 4.74 Å². The number of ether oxygens (including phenoxy) is 1. The fraction of sp³-hybridized carbons (Fsp3) is 0.429. The third-order valence-electron chi connectivity index (χ3n) is 3.45. The molecule has 3 rings (SSSR count). The molecular formula is C14H16BrN3O2. The van der Waals surface area contributed by atoms with Crippen LogP contribution in [0.3, 0.4) is 0 Å². The lowest BCUT2D eigenvalue weighted by Gasteiger charge is -2.33. The van der Waals surface area contributed by atoms with Crippen molar-refractivity contribution in [2.75, 3.05) is 29.9 Å². The molecule has 0 saturated carbocycles. The molecule has 0 spiro atoms. The molecular weight excluding hydrogens is 322 g/mol.